The van der Waals surface area contributed by atoms with Crippen molar-refractivity contribution in [3.05, 3.63) is 21.0 Å². The van der Waals surface area contributed by atoms with Gasteiger partial charge in [0.2, 0.25) is 0 Å². The average Bonchev–Trinajstić information content (AvgIpc) is 2.30. The number of hydrogen-bond donors (Lipinski definition) is 3. The Morgan fingerprint density at radius 1 is 1.69 bits per heavy atom. The topological polar surface area (TPSA) is 117 Å². The summed E-state index contributed by atoms with van der Waals surface area (Å²) in [5.41, 5.74) is 1.29. The van der Waals surface area contributed by atoms with Gasteiger partial charge in [-0.15, -0.1) is 0 Å². The van der Waals surface area contributed by atoms with E-state index in [1.54, 1.807) is 4.98 Å². The number of carbonyl (C=O) groups is 1. The van der Waals surface area contributed by atoms with Crippen LogP contribution < -0.4 is 16.9 Å². The number of aromatic nitrogens is 2. The van der Waals surface area contributed by atoms with Crippen LogP contribution in [0.15, 0.2) is 14.1 Å². The average molecular weight is 189 g/mol. The third-order valence-electron chi connectivity index (χ3n) is 1.25. The molecule has 0 saturated carbocycles. The zero-order valence-electron chi connectivity index (χ0n) is 6.60. The van der Waals surface area contributed by atoms with E-state index in [2.05, 4.69) is 9.95 Å². The van der Waals surface area contributed by atoms with Gasteiger partial charge < -0.3 is 5.11 Å². The second-order valence-corrected chi connectivity index (χ2v) is 2.29. The van der Waals surface area contributed by atoms with Crippen LogP contribution in [0.2, 0.25) is 0 Å². The highest BCUT2D eigenvalue weighted by atomic mass is 16.6. The predicted molar refractivity (Wildman–Crippen MR) is 40.0 cm³/mol. The Bertz CT molecular complexity index is 412. The molecule has 1 aromatic heterocycles. The fourth-order valence-electron chi connectivity index (χ4n) is 0.601. The van der Waals surface area contributed by atoms with Crippen LogP contribution >= 0.6 is 0 Å². The monoisotopic (exact) mass is 189 g/mol. The summed E-state index contributed by atoms with van der Waals surface area (Å²) in [5, 5.41) is 8.43. The second-order valence-electron chi connectivity index (χ2n) is 2.29. The summed E-state index contributed by atoms with van der Waals surface area (Å²) in [4.78, 5) is 33.7. The third kappa shape index (κ3) is 1.98. The number of nitrogens with one attached hydrogen (secondary N) is 2. The van der Waals surface area contributed by atoms with E-state index >= 15 is 0 Å². The van der Waals surface area contributed by atoms with Gasteiger partial charge in [0.25, 0.3) is 0 Å². The van der Waals surface area contributed by atoms with Crippen LogP contribution in [0.5, 0.6) is 0 Å². The molecule has 0 bridgehead atoms. The highest BCUT2D eigenvalue weighted by molar-refractivity contribution is 5.74. The van der Waals surface area contributed by atoms with Gasteiger partial charge in [0.05, 0.1) is 0 Å². The first-order valence-corrected chi connectivity index (χ1v) is 3.32. The van der Waals surface area contributed by atoms with E-state index in [1.165, 1.54) is 6.92 Å². The van der Waals surface area contributed by atoms with Gasteiger partial charge in [-0.25, -0.2) is 19.4 Å². The molecule has 3 N–H and O–H groups in total. The molecule has 0 unspecified atom stereocenters. The van der Waals surface area contributed by atoms with E-state index < -0.39 is 23.5 Å². The zero-order chi connectivity index (χ0) is 10.0. The molecule has 0 aliphatic heterocycles. The summed E-state index contributed by atoms with van der Waals surface area (Å²) < 4.78 is 4.25. The van der Waals surface area contributed by atoms with Crippen LogP contribution in [0.1, 0.15) is 6.92 Å². The number of rotatable bonds is 3. The van der Waals surface area contributed by atoms with Crippen LogP contribution in [0.25, 0.3) is 0 Å². The minimum Gasteiger partial charge on any atom is -0.480 e. The van der Waals surface area contributed by atoms with Crippen LogP contribution in [0, 0.1) is 0 Å². The molecule has 8 nitrogen and oxygen atoms in total. The first kappa shape index (κ1) is 9.10. The summed E-state index contributed by atoms with van der Waals surface area (Å²) in [5.74, 6) is -2.12. The zero-order valence-corrected chi connectivity index (χ0v) is 6.60. The van der Waals surface area contributed by atoms with Crippen molar-refractivity contribution in [1.82, 2.24) is 9.83 Å². The first-order valence-electron chi connectivity index (χ1n) is 3.32. The molecule has 0 aromatic carbocycles. The van der Waals surface area contributed by atoms with Crippen LogP contribution in [0.3, 0.4) is 0 Å². The quantitative estimate of drug-likeness (QED) is 0.513. The number of aliphatic carboxylic acids is 1. The fraction of sp³-hybridized carbons (Fsp3) is 0.400. The van der Waals surface area contributed by atoms with E-state index in [0.717, 1.165) is 0 Å². The highest BCUT2D eigenvalue weighted by Crippen LogP contribution is 1.81. The SMILES string of the molecule is C[C@H](Nn1oc(=O)[nH]c1=O)C(=O)O. The number of H-pyrrole nitrogens is 1. The molecule has 13 heavy (non-hydrogen) atoms. The molecule has 0 fully saturated rings. The van der Waals surface area contributed by atoms with Gasteiger partial charge in [-0.05, 0) is 6.92 Å². The summed E-state index contributed by atoms with van der Waals surface area (Å²) >= 11 is 0. The van der Waals surface area contributed by atoms with Crippen LogP contribution in [-0.2, 0) is 4.79 Å². The van der Waals surface area contributed by atoms with Gasteiger partial charge in [0.15, 0.2) is 0 Å². The molecule has 1 aromatic rings. The molecule has 8 heteroatoms. The maximum absolute atomic E-state index is 10.8. The normalized spacial score (nSPS) is 12.4. The largest absolute Gasteiger partial charge is 0.480 e. The molecule has 1 atom stereocenters. The Labute approximate surface area is 70.7 Å². The lowest BCUT2D eigenvalue weighted by molar-refractivity contribution is -0.137. The lowest BCUT2D eigenvalue weighted by Gasteiger charge is -2.06. The molecule has 0 amide bonds. The molecular weight excluding hydrogens is 182 g/mol. The highest BCUT2D eigenvalue weighted by Gasteiger charge is 2.12. The van der Waals surface area contributed by atoms with E-state index in [1.807, 2.05) is 0 Å². The maximum Gasteiger partial charge on any atom is 0.441 e. The maximum atomic E-state index is 10.8. The van der Waals surface area contributed by atoms with Crippen molar-refractivity contribution in [2.24, 2.45) is 0 Å². The van der Waals surface area contributed by atoms with Gasteiger partial charge in [-0.2, -0.15) is 0 Å². The van der Waals surface area contributed by atoms with Crippen molar-refractivity contribution in [2.75, 3.05) is 5.43 Å². The van der Waals surface area contributed by atoms with Gasteiger partial charge in [-0.1, -0.05) is 4.85 Å². The number of aromatic amines is 1. The predicted octanol–water partition coefficient (Wildman–Crippen LogP) is -1.85. The molecule has 72 valence electrons. The molecule has 0 spiro atoms. The molecule has 1 rings (SSSR count). The lowest BCUT2D eigenvalue weighted by atomic mass is 10.4. The Balaban J connectivity index is 2.86. The van der Waals surface area contributed by atoms with Crippen LogP contribution in [0.4, 0.5) is 0 Å². The van der Waals surface area contributed by atoms with Gasteiger partial charge in [0.1, 0.15) is 6.04 Å². The Morgan fingerprint density at radius 2 is 2.31 bits per heavy atom. The first-order chi connectivity index (χ1) is 6.00. The molecular formula is C5H7N3O5. The molecule has 0 radical (unpaired) electrons. The fourth-order valence-corrected chi connectivity index (χ4v) is 0.601. The standard InChI is InChI=1S/C5H7N3O5/c1-2(3(9)10)7-8-4(11)6-5(12)13-8/h2,7H,1H3,(H,9,10)(H,6,11,12)/t2-/m0/s1. The third-order valence-corrected chi connectivity index (χ3v) is 1.25. The van der Waals surface area contributed by atoms with E-state index in [9.17, 15) is 14.4 Å². The minimum absolute atomic E-state index is 0.432. The van der Waals surface area contributed by atoms with Crippen molar-refractivity contribution < 1.29 is 14.4 Å². The Morgan fingerprint density at radius 3 is 2.69 bits per heavy atom. The molecule has 0 aliphatic rings. The van der Waals surface area contributed by atoms with Gasteiger partial charge >= 0.3 is 17.4 Å². The lowest BCUT2D eigenvalue weighted by Crippen LogP contribution is -2.37. The molecule has 0 saturated heterocycles. The van der Waals surface area contributed by atoms with Crippen LogP contribution in [-0.4, -0.2) is 27.0 Å². The number of carboxylic acid groups (broad SMARTS) is 1. The van der Waals surface area contributed by atoms with E-state index in [0.29, 0.717) is 4.85 Å². The summed E-state index contributed by atoms with van der Waals surface area (Å²) in [6.45, 7) is 1.29. The Hall–Kier alpha value is -1.99. The summed E-state index contributed by atoms with van der Waals surface area (Å²) in [6.07, 6.45) is 0. The van der Waals surface area contributed by atoms with Gasteiger partial charge in [0, 0.05) is 0 Å². The number of carboxylic acids is 1. The molecule has 0 aliphatic carbocycles. The minimum atomic E-state index is -1.17. The van der Waals surface area contributed by atoms with Crippen molar-refractivity contribution in [2.45, 2.75) is 13.0 Å². The number of hydrogen-bond acceptors (Lipinski definition) is 5. The van der Waals surface area contributed by atoms with E-state index in [-0.39, 0.29) is 0 Å². The summed E-state index contributed by atoms with van der Waals surface area (Å²) in [7, 11) is 0. The van der Waals surface area contributed by atoms with Crippen molar-refractivity contribution >= 4 is 5.97 Å². The summed E-state index contributed by atoms with van der Waals surface area (Å²) in [6, 6.07) is -1.03. The van der Waals surface area contributed by atoms with E-state index in [4.69, 9.17) is 5.11 Å². The second kappa shape index (κ2) is 3.17. The van der Waals surface area contributed by atoms with Crippen molar-refractivity contribution in [3.8, 4) is 0 Å². The number of nitrogens with zero attached hydrogens (tertiary/aromatic N) is 1. The Kier molecular flexibility index (Phi) is 2.22. The van der Waals surface area contributed by atoms with Crippen molar-refractivity contribution in [1.29, 1.82) is 0 Å². The van der Waals surface area contributed by atoms with Crippen molar-refractivity contribution in [3.63, 3.8) is 0 Å². The smallest absolute Gasteiger partial charge is 0.441 e. The molecule has 1 heterocycles. The van der Waals surface area contributed by atoms with Gasteiger partial charge in [-0.3, -0.25) is 9.95 Å².